The molecule has 1 aliphatic carbocycles. The molecule has 1 saturated heterocycles. The molecule has 0 unspecified atom stereocenters. The van der Waals surface area contributed by atoms with Crippen molar-refractivity contribution in [1.82, 2.24) is 10.3 Å². The number of hydrogen-bond donors (Lipinski definition) is 2. The van der Waals surface area contributed by atoms with Gasteiger partial charge in [-0.2, -0.15) is 0 Å². The SMILES string of the molecule is OCC1(NC2CCN(c3ccncc3)CC2)CCCC1. The van der Waals surface area contributed by atoms with Gasteiger partial charge in [-0.15, -0.1) is 0 Å². The summed E-state index contributed by atoms with van der Waals surface area (Å²) in [5.74, 6) is 0. The lowest BCUT2D eigenvalue weighted by atomic mass is 9.94. The molecule has 110 valence electrons. The number of nitrogens with zero attached hydrogens (tertiary/aromatic N) is 2. The van der Waals surface area contributed by atoms with Gasteiger partial charge in [-0.05, 0) is 37.8 Å². The fraction of sp³-hybridized carbons (Fsp3) is 0.688. The van der Waals surface area contributed by atoms with Gasteiger partial charge in [-0.25, -0.2) is 0 Å². The third kappa shape index (κ3) is 2.96. The smallest absolute Gasteiger partial charge is 0.0613 e. The molecule has 4 heteroatoms. The first-order chi connectivity index (χ1) is 9.81. The molecule has 0 radical (unpaired) electrons. The van der Waals surface area contributed by atoms with Crippen molar-refractivity contribution in [3.8, 4) is 0 Å². The molecular weight excluding hydrogens is 250 g/mol. The predicted octanol–water partition coefficient (Wildman–Crippen LogP) is 1.95. The van der Waals surface area contributed by atoms with Crippen molar-refractivity contribution < 1.29 is 5.11 Å². The third-order valence-electron chi connectivity index (χ3n) is 4.90. The van der Waals surface area contributed by atoms with E-state index < -0.39 is 0 Å². The molecule has 0 atom stereocenters. The number of aliphatic hydroxyl groups is 1. The zero-order valence-corrected chi connectivity index (χ0v) is 12.1. The van der Waals surface area contributed by atoms with Crippen LogP contribution in [0.25, 0.3) is 0 Å². The summed E-state index contributed by atoms with van der Waals surface area (Å²) >= 11 is 0. The van der Waals surface area contributed by atoms with Crippen LogP contribution in [0, 0.1) is 0 Å². The predicted molar refractivity (Wildman–Crippen MR) is 80.9 cm³/mol. The molecule has 2 N–H and O–H groups in total. The average Bonchev–Trinajstić information content (AvgIpc) is 2.98. The summed E-state index contributed by atoms with van der Waals surface area (Å²) in [6.07, 6.45) is 10.8. The monoisotopic (exact) mass is 275 g/mol. The maximum Gasteiger partial charge on any atom is 0.0613 e. The van der Waals surface area contributed by atoms with Crippen molar-refractivity contribution >= 4 is 5.69 Å². The molecule has 1 aromatic heterocycles. The average molecular weight is 275 g/mol. The first-order valence-electron chi connectivity index (χ1n) is 7.85. The van der Waals surface area contributed by atoms with Crippen molar-refractivity contribution in [3.63, 3.8) is 0 Å². The van der Waals surface area contributed by atoms with Crippen LogP contribution < -0.4 is 10.2 Å². The lowest BCUT2D eigenvalue weighted by Crippen LogP contribution is -2.54. The molecule has 0 amide bonds. The van der Waals surface area contributed by atoms with E-state index in [1.807, 2.05) is 12.4 Å². The highest BCUT2D eigenvalue weighted by Crippen LogP contribution is 2.31. The van der Waals surface area contributed by atoms with Gasteiger partial charge >= 0.3 is 0 Å². The van der Waals surface area contributed by atoms with Crippen LogP contribution in [-0.2, 0) is 0 Å². The Hall–Kier alpha value is -1.13. The first-order valence-corrected chi connectivity index (χ1v) is 7.85. The Bertz CT molecular complexity index is 409. The maximum atomic E-state index is 9.70. The molecule has 2 fully saturated rings. The summed E-state index contributed by atoms with van der Waals surface area (Å²) in [6, 6.07) is 4.72. The number of aromatic nitrogens is 1. The Balaban J connectivity index is 1.54. The molecule has 1 aromatic rings. The Morgan fingerprint density at radius 2 is 1.85 bits per heavy atom. The van der Waals surface area contributed by atoms with Crippen molar-refractivity contribution in [2.24, 2.45) is 0 Å². The summed E-state index contributed by atoms with van der Waals surface area (Å²) in [7, 11) is 0. The van der Waals surface area contributed by atoms with E-state index in [9.17, 15) is 5.11 Å². The number of pyridine rings is 1. The summed E-state index contributed by atoms with van der Waals surface area (Å²) in [6.45, 7) is 2.46. The van der Waals surface area contributed by atoms with E-state index in [2.05, 4.69) is 27.3 Å². The number of piperidine rings is 1. The molecule has 20 heavy (non-hydrogen) atoms. The second-order valence-corrected chi connectivity index (χ2v) is 6.26. The van der Waals surface area contributed by atoms with Crippen LogP contribution in [0.1, 0.15) is 38.5 Å². The van der Waals surface area contributed by atoms with Gasteiger partial charge in [0.25, 0.3) is 0 Å². The van der Waals surface area contributed by atoms with Crippen LogP contribution in [0.3, 0.4) is 0 Å². The third-order valence-corrected chi connectivity index (χ3v) is 4.90. The summed E-state index contributed by atoms with van der Waals surface area (Å²) < 4.78 is 0. The van der Waals surface area contributed by atoms with Crippen LogP contribution in [0.5, 0.6) is 0 Å². The van der Waals surface area contributed by atoms with E-state index >= 15 is 0 Å². The second kappa shape index (κ2) is 6.10. The van der Waals surface area contributed by atoms with Crippen molar-refractivity contribution in [2.75, 3.05) is 24.6 Å². The number of rotatable bonds is 4. The first kappa shape index (κ1) is 13.8. The number of nitrogens with one attached hydrogen (secondary N) is 1. The number of aliphatic hydroxyl groups excluding tert-OH is 1. The minimum atomic E-state index is 0.0174. The topological polar surface area (TPSA) is 48.4 Å². The maximum absolute atomic E-state index is 9.70. The molecule has 2 heterocycles. The lowest BCUT2D eigenvalue weighted by Gasteiger charge is -2.39. The summed E-state index contributed by atoms with van der Waals surface area (Å²) in [5.41, 5.74) is 1.29. The molecule has 0 spiro atoms. The van der Waals surface area contributed by atoms with E-state index in [0.717, 1.165) is 38.8 Å². The zero-order valence-electron chi connectivity index (χ0n) is 12.1. The van der Waals surface area contributed by atoms with Crippen LogP contribution in [-0.4, -0.2) is 41.4 Å². The zero-order chi connectivity index (χ0) is 13.8. The molecule has 1 saturated carbocycles. The standard InChI is InChI=1S/C16H25N3O/c20-13-16(7-1-2-8-16)18-14-5-11-19(12-6-14)15-3-9-17-10-4-15/h3-4,9-10,14,18,20H,1-2,5-8,11-13H2. The molecular formula is C16H25N3O. The molecule has 2 aliphatic rings. The largest absolute Gasteiger partial charge is 0.394 e. The normalized spacial score (nSPS) is 23.1. The molecule has 4 nitrogen and oxygen atoms in total. The molecule has 1 aliphatic heterocycles. The van der Waals surface area contributed by atoms with Crippen LogP contribution in [0.15, 0.2) is 24.5 Å². The minimum Gasteiger partial charge on any atom is -0.394 e. The van der Waals surface area contributed by atoms with Gasteiger partial charge in [0.1, 0.15) is 0 Å². The van der Waals surface area contributed by atoms with Gasteiger partial charge in [0.05, 0.1) is 6.61 Å². The fourth-order valence-electron chi connectivity index (χ4n) is 3.67. The van der Waals surface area contributed by atoms with Gasteiger partial charge in [0.2, 0.25) is 0 Å². The van der Waals surface area contributed by atoms with Gasteiger partial charge in [-0.3, -0.25) is 4.98 Å². The van der Waals surface area contributed by atoms with Gasteiger partial charge in [0, 0.05) is 42.8 Å². The Labute approximate surface area is 121 Å². The van der Waals surface area contributed by atoms with E-state index in [-0.39, 0.29) is 12.1 Å². The Morgan fingerprint density at radius 1 is 1.20 bits per heavy atom. The Kier molecular flexibility index (Phi) is 4.22. The summed E-state index contributed by atoms with van der Waals surface area (Å²) in [4.78, 5) is 6.51. The summed E-state index contributed by atoms with van der Waals surface area (Å²) in [5, 5.41) is 13.5. The van der Waals surface area contributed by atoms with Crippen molar-refractivity contribution in [3.05, 3.63) is 24.5 Å². The minimum absolute atomic E-state index is 0.0174. The van der Waals surface area contributed by atoms with E-state index in [4.69, 9.17) is 0 Å². The fourth-order valence-corrected chi connectivity index (χ4v) is 3.67. The number of hydrogen-bond acceptors (Lipinski definition) is 4. The van der Waals surface area contributed by atoms with Crippen LogP contribution in [0.2, 0.25) is 0 Å². The Morgan fingerprint density at radius 3 is 2.45 bits per heavy atom. The van der Waals surface area contributed by atoms with Crippen molar-refractivity contribution in [1.29, 1.82) is 0 Å². The van der Waals surface area contributed by atoms with Gasteiger partial charge in [0.15, 0.2) is 0 Å². The molecule has 0 bridgehead atoms. The highest BCUT2D eigenvalue weighted by Gasteiger charge is 2.35. The highest BCUT2D eigenvalue weighted by atomic mass is 16.3. The van der Waals surface area contributed by atoms with E-state index in [1.54, 1.807) is 0 Å². The van der Waals surface area contributed by atoms with E-state index in [1.165, 1.54) is 18.5 Å². The molecule has 0 aromatic carbocycles. The van der Waals surface area contributed by atoms with Crippen LogP contribution in [0.4, 0.5) is 5.69 Å². The highest BCUT2D eigenvalue weighted by molar-refractivity contribution is 5.44. The molecule has 3 rings (SSSR count). The number of anilines is 1. The quantitative estimate of drug-likeness (QED) is 0.882. The van der Waals surface area contributed by atoms with Gasteiger partial charge in [-0.1, -0.05) is 12.8 Å². The van der Waals surface area contributed by atoms with Crippen LogP contribution >= 0.6 is 0 Å². The lowest BCUT2D eigenvalue weighted by molar-refractivity contribution is 0.144. The second-order valence-electron chi connectivity index (χ2n) is 6.26. The van der Waals surface area contributed by atoms with Gasteiger partial charge < -0.3 is 15.3 Å². The van der Waals surface area contributed by atoms with Crippen molar-refractivity contribution in [2.45, 2.75) is 50.1 Å². The van der Waals surface area contributed by atoms with E-state index in [0.29, 0.717) is 6.04 Å².